The molecule has 1 aliphatic rings. The average molecular weight is 432 g/mol. The summed E-state index contributed by atoms with van der Waals surface area (Å²) in [5, 5.41) is 0. The summed E-state index contributed by atoms with van der Waals surface area (Å²) in [7, 11) is -6.09. The van der Waals surface area contributed by atoms with Crippen LogP contribution in [0.1, 0.15) is 97.3 Å². The Kier molecular flexibility index (Phi) is 15.3. The molecule has 0 saturated carbocycles. The maximum Gasteiger partial charge on any atom is 0.485 e. The third kappa shape index (κ3) is 14.6. The zero-order chi connectivity index (χ0) is 21.5. The molecule has 8 heteroatoms. The predicted octanol–water partition coefficient (Wildman–Crippen LogP) is 4.66. The number of unbranched alkanes of at least 4 members (excludes halogenated alkanes) is 9. The summed E-state index contributed by atoms with van der Waals surface area (Å²) in [6.07, 6.45) is 19.0. The fourth-order valence-corrected chi connectivity index (χ4v) is 3.67. The number of hydrogen-bond donors (Lipinski definition) is 1. The van der Waals surface area contributed by atoms with E-state index < -0.39 is 15.6 Å². The third-order valence-corrected chi connectivity index (χ3v) is 5.93. The number of nitrogens with one attached hydrogen (secondary N) is 1. The molecule has 28 heavy (non-hydrogen) atoms. The lowest BCUT2D eigenvalue weighted by atomic mass is 10.0. The first-order chi connectivity index (χ1) is 13.1. The smallest absolute Gasteiger partial charge is 0.485 e. The van der Waals surface area contributed by atoms with Crippen LogP contribution in [-0.2, 0) is 10.1 Å². The fourth-order valence-electron chi connectivity index (χ4n) is 3.67. The molecular formula is C20H40F3NO3S. The molecule has 1 N–H and O–H groups in total. The minimum atomic E-state index is -6.09. The Morgan fingerprint density at radius 1 is 0.893 bits per heavy atom. The molecule has 1 rings (SSSR count). The maximum absolute atomic E-state index is 10.7. The van der Waals surface area contributed by atoms with E-state index in [1.807, 2.05) is 4.90 Å². The summed E-state index contributed by atoms with van der Waals surface area (Å²) in [5.74, 6) is 1.06. The van der Waals surface area contributed by atoms with E-state index in [9.17, 15) is 13.2 Å². The van der Waals surface area contributed by atoms with Gasteiger partial charge in [0, 0.05) is 12.3 Å². The van der Waals surface area contributed by atoms with Gasteiger partial charge in [-0.25, -0.2) is 8.42 Å². The molecule has 2 atom stereocenters. The Labute approximate surface area is 170 Å². The van der Waals surface area contributed by atoms with Crippen LogP contribution in [0.25, 0.3) is 0 Å². The first kappa shape index (κ1) is 27.7. The molecule has 1 heterocycles. The van der Waals surface area contributed by atoms with Crippen LogP contribution in [0.2, 0.25) is 0 Å². The highest BCUT2D eigenvalue weighted by Crippen LogP contribution is 2.20. The summed E-state index contributed by atoms with van der Waals surface area (Å²) >= 11 is 0. The summed E-state index contributed by atoms with van der Waals surface area (Å²) in [5.41, 5.74) is -5.65. The van der Waals surface area contributed by atoms with Crippen molar-refractivity contribution in [3.05, 3.63) is 0 Å². The second-order valence-corrected chi connectivity index (χ2v) is 9.35. The molecule has 0 amide bonds. The molecule has 4 nitrogen and oxygen atoms in total. The predicted molar refractivity (Wildman–Crippen MR) is 106 cm³/mol. The molecule has 2 unspecified atom stereocenters. The second-order valence-electron chi connectivity index (χ2n) is 7.98. The lowest BCUT2D eigenvalue weighted by Crippen LogP contribution is -3.10. The van der Waals surface area contributed by atoms with E-state index in [0.29, 0.717) is 0 Å². The lowest BCUT2D eigenvalue weighted by Gasteiger charge is -2.13. The molecule has 0 aromatic heterocycles. The van der Waals surface area contributed by atoms with Crippen molar-refractivity contribution < 1.29 is 31.0 Å². The lowest BCUT2D eigenvalue weighted by molar-refractivity contribution is -0.889. The van der Waals surface area contributed by atoms with Crippen molar-refractivity contribution in [1.29, 1.82) is 0 Å². The highest BCUT2D eigenvalue weighted by molar-refractivity contribution is 7.86. The number of hydrogen-bond acceptors (Lipinski definition) is 3. The van der Waals surface area contributed by atoms with Crippen LogP contribution >= 0.6 is 0 Å². The minimum Gasteiger partial charge on any atom is -0.741 e. The van der Waals surface area contributed by atoms with Crippen LogP contribution in [-0.4, -0.2) is 38.1 Å². The van der Waals surface area contributed by atoms with E-state index in [4.69, 9.17) is 13.0 Å². The normalized spacial score (nSPS) is 20.1. The van der Waals surface area contributed by atoms with E-state index in [1.165, 1.54) is 103 Å². The largest absolute Gasteiger partial charge is 0.741 e. The quantitative estimate of drug-likeness (QED) is 0.262. The van der Waals surface area contributed by atoms with E-state index in [0.717, 1.165) is 5.92 Å². The highest BCUT2D eigenvalue weighted by atomic mass is 32.2. The van der Waals surface area contributed by atoms with Crippen molar-refractivity contribution in [2.75, 3.05) is 19.6 Å². The van der Waals surface area contributed by atoms with Crippen molar-refractivity contribution >= 4 is 10.1 Å². The van der Waals surface area contributed by atoms with Gasteiger partial charge in [0.2, 0.25) is 0 Å². The summed E-state index contributed by atoms with van der Waals surface area (Å²) in [6, 6.07) is 0. The van der Waals surface area contributed by atoms with Gasteiger partial charge in [-0.2, -0.15) is 13.2 Å². The molecule has 1 saturated heterocycles. The summed E-state index contributed by atoms with van der Waals surface area (Å²) < 4.78 is 58.9. The van der Waals surface area contributed by atoms with Gasteiger partial charge in [0.05, 0.1) is 19.6 Å². The monoisotopic (exact) mass is 431 g/mol. The zero-order valence-electron chi connectivity index (χ0n) is 17.7. The van der Waals surface area contributed by atoms with E-state index >= 15 is 0 Å². The van der Waals surface area contributed by atoms with Crippen molar-refractivity contribution in [1.82, 2.24) is 0 Å². The van der Waals surface area contributed by atoms with Gasteiger partial charge in [0.1, 0.15) is 0 Å². The molecule has 0 aromatic rings. The molecular weight excluding hydrogens is 391 g/mol. The van der Waals surface area contributed by atoms with Crippen molar-refractivity contribution in [2.45, 2.75) is 103 Å². The Balaban J connectivity index is 0.000000769. The van der Waals surface area contributed by atoms with Crippen LogP contribution in [0.4, 0.5) is 13.2 Å². The van der Waals surface area contributed by atoms with E-state index in [-0.39, 0.29) is 0 Å². The number of alkyl halides is 3. The van der Waals surface area contributed by atoms with Crippen LogP contribution in [0, 0.1) is 5.92 Å². The van der Waals surface area contributed by atoms with Crippen LogP contribution < -0.4 is 4.90 Å². The van der Waals surface area contributed by atoms with Crippen molar-refractivity contribution in [3.63, 3.8) is 0 Å². The van der Waals surface area contributed by atoms with Gasteiger partial charge in [-0.05, 0) is 19.3 Å². The van der Waals surface area contributed by atoms with Crippen LogP contribution in [0.5, 0.6) is 0 Å². The zero-order valence-corrected chi connectivity index (χ0v) is 18.5. The Hall–Kier alpha value is -0.340. The van der Waals surface area contributed by atoms with Gasteiger partial charge in [-0.1, -0.05) is 71.6 Å². The topological polar surface area (TPSA) is 61.6 Å². The standard InChI is InChI=1S/C19H39N.CHF3O3S/c1-3-5-7-8-9-10-11-12-13-16-20-17-15-19(18-20)14-6-4-2;2-1(3,4)8(5,6)7/h19H,3-18H2,1-2H3;(H,5,6,7). The van der Waals surface area contributed by atoms with E-state index in [2.05, 4.69) is 13.8 Å². The molecule has 0 radical (unpaired) electrons. The van der Waals surface area contributed by atoms with Gasteiger partial charge < -0.3 is 9.45 Å². The number of quaternary nitrogens is 1. The van der Waals surface area contributed by atoms with Crippen LogP contribution in [0.3, 0.4) is 0 Å². The summed E-state index contributed by atoms with van der Waals surface area (Å²) in [4.78, 5) is 1.91. The summed E-state index contributed by atoms with van der Waals surface area (Å²) in [6.45, 7) is 9.02. The van der Waals surface area contributed by atoms with Crippen LogP contribution in [0.15, 0.2) is 0 Å². The third-order valence-electron chi connectivity index (χ3n) is 5.37. The van der Waals surface area contributed by atoms with Gasteiger partial charge in [-0.15, -0.1) is 0 Å². The Morgan fingerprint density at radius 2 is 1.36 bits per heavy atom. The minimum absolute atomic E-state index is 1.06. The molecule has 0 bridgehead atoms. The average Bonchev–Trinajstić information content (AvgIpc) is 3.05. The van der Waals surface area contributed by atoms with Gasteiger partial charge >= 0.3 is 5.51 Å². The number of likely N-dealkylation sites (tertiary alicyclic amines) is 1. The maximum atomic E-state index is 10.7. The Morgan fingerprint density at radius 3 is 1.82 bits per heavy atom. The second kappa shape index (κ2) is 15.5. The number of halogens is 3. The molecule has 0 spiro atoms. The molecule has 1 aliphatic heterocycles. The highest BCUT2D eigenvalue weighted by Gasteiger charge is 2.36. The molecule has 0 aromatic carbocycles. The molecule has 0 aliphatic carbocycles. The first-order valence-electron chi connectivity index (χ1n) is 11.0. The van der Waals surface area contributed by atoms with Crippen molar-refractivity contribution in [2.24, 2.45) is 5.92 Å². The Bertz CT molecular complexity index is 470. The number of rotatable bonds is 13. The van der Waals surface area contributed by atoms with Gasteiger partial charge in [0.15, 0.2) is 10.1 Å². The molecule has 170 valence electrons. The van der Waals surface area contributed by atoms with Gasteiger partial charge in [-0.3, -0.25) is 0 Å². The van der Waals surface area contributed by atoms with Crippen molar-refractivity contribution in [3.8, 4) is 0 Å². The molecule has 1 fully saturated rings. The SMILES string of the molecule is CCCCCCCCCCC[NH+]1CCC(CCCC)C1.O=S(=O)([O-])C(F)(F)F. The van der Waals surface area contributed by atoms with E-state index in [1.54, 1.807) is 0 Å². The first-order valence-corrected chi connectivity index (χ1v) is 12.4. The fraction of sp³-hybridized carbons (Fsp3) is 1.00. The van der Waals surface area contributed by atoms with Gasteiger partial charge in [0.25, 0.3) is 0 Å².